The highest BCUT2D eigenvalue weighted by Gasteiger charge is 2.18. The predicted molar refractivity (Wildman–Crippen MR) is 108 cm³/mol. The molecule has 0 radical (unpaired) electrons. The molecule has 0 bridgehead atoms. The Morgan fingerprint density at radius 1 is 1.00 bits per heavy atom. The normalized spacial score (nSPS) is 10.1. The Labute approximate surface area is 173 Å². The second-order valence-corrected chi connectivity index (χ2v) is 6.48. The molecule has 2 rings (SSSR count). The Morgan fingerprint density at radius 3 is 2.34 bits per heavy atom. The molecule has 0 heterocycles. The van der Waals surface area contributed by atoms with Gasteiger partial charge in [-0.05, 0) is 49.2 Å². The first-order valence-corrected chi connectivity index (χ1v) is 8.89. The van der Waals surface area contributed by atoms with E-state index >= 15 is 0 Å². The van der Waals surface area contributed by atoms with Crippen LogP contribution < -0.4 is 20.1 Å². The summed E-state index contributed by atoms with van der Waals surface area (Å²) in [5.74, 6) is -1.08. The lowest BCUT2D eigenvalue weighted by atomic mass is 10.1. The van der Waals surface area contributed by atoms with E-state index in [2.05, 4.69) is 10.6 Å². The number of amides is 3. The van der Waals surface area contributed by atoms with Gasteiger partial charge in [-0.3, -0.25) is 10.1 Å². The number of hydrogen-bond acceptors (Lipinski definition) is 6. The molecule has 0 fully saturated rings. The second-order valence-electron chi connectivity index (χ2n) is 6.07. The van der Waals surface area contributed by atoms with Crippen LogP contribution >= 0.6 is 11.6 Å². The molecule has 2 aromatic carbocycles. The van der Waals surface area contributed by atoms with Crippen LogP contribution in [0.2, 0.25) is 5.02 Å². The number of methoxy groups -OCH3 is 2. The molecule has 0 unspecified atom stereocenters. The van der Waals surface area contributed by atoms with Crippen LogP contribution in [0.25, 0.3) is 0 Å². The van der Waals surface area contributed by atoms with Gasteiger partial charge in [-0.15, -0.1) is 0 Å². The lowest BCUT2D eigenvalue weighted by Gasteiger charge is -2.12. The summed E-state index contributed by atoms with van der Waals surface area (Å²) in [7, 11) is 2.81. The molecule has 0 aliphatic carbocycles. The number of carbonyl (C=O) groups excluding carboxylic acids is 3. The van der Waals surface area contributed by atoms with E-state index in [9.17, 15) is 14.4 Å². The molecule has 0 aromatic heterocycles. The molecule has 154 valence electrons. The van der Waals surface area contributed by atoms with E-state index in [1.54, 1.807) is 12.1 Å². The Kier molecular flexibility index (Phi) is 7.44. The molecule has 0 aliphatic rings. The van der Waals surface area contributed by atoms with Gasteiger partial charge >= 0.3 is 12.0 Å². The van der Waals surface area contributed by atoms with Gasteiger partial charge in [0.1, 0.15) is 0 Å². The van der Waals surface area contributed by atoms with Crippen molar-refractivity contribution >= 4 is 35.2 Å². The fourth-order valence-electron chi connectivity index (χ4n) is 2.39. The molecule has 0 saturated carbocycles. The number of benzene rings is 2. The average molecular weight is 421 g/mol. The van der Waals surface area contributed by atoms with Crippen LogP contribution in [-0.2, 0) is 9.53 Å². The van der Waals surface area contributed by atoms with Crippen molar-refractivity contribution in [1.82, 2.24) is 5.32 Å². The maximum atomic E-state index is 12.2. The Morgan fingerprint density at radius 2 is 1.72 bits per heavy atom. The van der Waals surface area contributed by atoms with Crippen molar-refractivity contribution in [3.8, 4) is 11.5 Å². The molecule has 2 aromatic rings. The molecule has 29 heavy (non-hydrogen) atoms. The van der Waals surface area contributed by atoms with Gasteiger partial charge in [-0.1, -0.05) is 17.7 Å². The van der Waals surface area contributed by atoms with Crippen molar-refractivity contribution in [3.63, 3.8) is 0 Å². The number of carbonyl (C=O) groups is 3. The highest BCUT2D eigenvalue weighted by Crippen LogP contribution is 2.36. The first-order valence-electron chi connectivity index (χ1n) is 8.52. The number of aryl methyl sites for hydroxylation is 2. The van der Waals surface area contributed by atoms with Crippen molar-refractivity contribution < 1.29 is 28.6 Å². The molecule has 9 heteroatoms. The smallest absolute Gasteiger partial charge is 0.338 e. The summed E-state index contributed by atoms with van der Waals surface area (Å²) >= 11 is 6.04. The van der Waals surface area contributed by atoms with Gasteiger partial charge < -0.3 is 19.5 Å². The van der Waals surface area contributed by atoms with E-state index in [4.69, 9.17) is 25.8 Å². The first kappa shape index (κ1) is 22.0. The summed E-state index contributed by atoms with van der Waals surface area (Å²) in [4.78, 5) is 35.9. The topological polar surface area (TPSA) is 103 Å². The second kappa shape index (κ2) is 9.79. The lowest BCUT2D eigenvalue weighted by molar-refractivity contribution is -0.123. The molecular formula is C20H21ClN2O6. The van der Waals surface area contributed by atoms with Gasteiger partial charge in [-0.2, -0.15) is 0 Å². The van der Waals surface area contributed by atoms with E-state index in [-0.39, 0.29) is 22.1 Å². The van der Waals surface area contributed by atoms with Gasteiger partial charge in [0.2, 0.25) is 0 Å². The minimum Gasteiger partial charge on any atom is -0.493 e. The third kappa shape index (κ3) is 5.86. The van der Waals surface area contributed by atoms with Gasteiger partial charge in [0, 0.05) is 5.69 Å². The van der Waals surface area contributed by atoms with Crippen LogP contribution in [0.5, 0.6) is 11.5 Å². The minimum absolute atomic E-state index is 0.0695. The third-order valence-electron chi connectivity index (χ3n) is 4.02. The largest absolute Gasteiger partial charge is 0.493 e. The monoisotopic (exact) mass is 420 g/mol. The standard InChI is InChI=1S/C20H21ClN2O6/c1-11-5-6-14(7-12(11)2)22-20(26)23-17(24)10-29-19(25)13-8-15(21)18(28-4)16(9-13)27-3/h5-9H,10H2,1-4H3,(H2,22,23,24,26). The zero-order chi connectivity index (χ0) is 21.6. The molecule has 2 N–H and O–H groups in total. The molecule has 0 aliphatic heterocycles. The SMILES string of the molecule is COc1cc(C(=O)OCC(=O)NC(=O)Nc2ccc(C)c(C)c2)cc(Cl)c1OC. The van der Waals surface area contributed by atoms with E-state index in [0.717, 1.165) is 11.1 Å². The highest BCUT2D eigenvalue weighted by atomic mass is 35.5. The van der Waals surface area contributed by atoms with Crippen molar-refractivity contribution in [2.24, 2.45) is 0 Å². The van der Waals surface area contributed by atoms with Gasteiger partial charge in [0.05, 0.1) is 24.8 Å². The quantitative estimate of drug-likeness (QED) is 0.693. The lowest BCUT2D eigenvalue weighted by Crippen LogP contribution is -2.37. The zero-order valence-corrected chi connectivity index (χ0v) is 17.2. The number of urea groups is 1. The number of anilines is 1. The number of nitrogens with one attached hydrogen (secondary N) is 2. The fraction of sp³-hybridized carbons (Fsp3) is 0.250. The summed E-state index contributed by atoms with van der Waals surface area (Å²) in [5.41, 5.74) is 2.68. The van der Waals surface area contributed by atoms with Crippen molar-refractivity contribution in [3.05, 3.63) is 52.0 Å². The van der Waals surface area contributed by atoms with Crippen LogP contribution in [0.15, 0.2) is 30.3 Å². The number of hydrogen-bond donors (Lipinski definition) is 2. The van der Waals surface area contributed by atoms with Crippen LogP contribution in [0.1, 0.15) is 21.5 Å². The van der Waals surface area contributed by atoms with Gasteiger partial charge in [0.15, 0.2) is 18.1 Å². The number of halogens is 1. The van der Waals surface area contributed by atoms with Crippen molar-refractivity contribution in [1.29, 1.82) is 0 Å². The minimum atomic E-state index is -0.808. The number of esters is 1. The van der Waals surface area contributed by atoms with Crippen molar-refractivity contribution in [2.75, 3.05) is 26.1 Å². The van der Waals surface area contributed by atoms with Crippen molar-refractivity contribution in [2.45, 2.75) is 13.8 Å². The number of imide groups is 1. The van der Waals surface area contributed by atoms with Crippen LogP contribution in [0.4, 0.5) is 10.5 Å². The molecule has 8 nitrogen and oxygen atoms in total. The van der Waals surface area contributed by atoms with Crippen LogP contribution in [0.3, 0.4) is 0 Å². The zero-order valence-electron chi connectivity index (χ0n) is 16.4. The Hall–Kier alpha value is -3.26. The summed E-state index contributed by atoms with van der Waals surface area (Å²) in [5, 5.41) is 4.77. The Balaban J connectivity index is 1.91. The highest BCUT2D eigenvalue weighted by molar-refractivity contribution is 6.32. The molecule has 0 spiro atoms. The van der Waals surface area contributed by atoms with E-state index in [0.29, 0.717) is 5.69 Å². The first-order chi connectivity index (χ1) is 13.7. The molecule has 0 saturated heterocycles. The predicted octanol–water partition coefficient (Wildman–Crippen LogP) is 3.48. The van der Waals surface area contributed by atoms with E-state index < -0.39 is 24.5 Å². The molecule has 0 atom stereocenters. The molecular weight excluding hydrogens is 400 g/mol. The number of ether oxygens (including phenoxy) is 3. The van der Waals surface area contributed by atoms with E-state index in [1.807, 2.05) is 19.9 Å². The van der Waals surface area contributed by atoms with Crippen LogP contribution in [0, 0.1) is 13.8 Å². The number of rotatable bonds is 6. The summed E-state index contributed by atoms with van der Waals surface area (Å²) in [6.45, 7) is 3.21. The maximum Gasteiger partial charge on any atom is 0.338 e. The van der Waals surface area contributed by atoms with Gasteiger partial charge in [-0.25, -0.2) is 9.59 Å². The maximum absolute atomic E-state index is 12.2. The Bertz CT molecular complexity index is 945. The summed E-state index contributed by atoms with van der Waals surface area (Å²) < 4.78 is 15.1. The fourth-order valence-corrected chi connectivity index (χ4v) is 2.68. The average Bonchev–Trinajstić information content (AvgIpc) is 2.68. The molecule has 3 amide bonds. The van der Waals surface area contributed by atoms with Gasteiger partial charge in [0.25, 0.3) is 5.91 Å². The third-order valence-corrected chi connectivity index (χ3v) is 4.30. The summed E-state index contributed by atoms with van der Waals surface area (Å²) in [6, 6.07) is 7.31. The van der Waals surface area contributed by atoms with E-state index in [1.165, 1.54) is 26.4 Å². The summed E-state index contributed by atoms with van der Waals surface area (Å²) in [6.07, 6.45) is 0. The van der Waals surface area contributed by atoms with Crippen LogP contribution in [-0.4, -0.2) is 38.7 Å².